The second-order valence-electron chi connectivity index (χ2n) is 3.67. The van der Waals surface area contributed by atoms with Crippen molar-refractivity contribution in [3.63, 3.8) is 0 Å². The van der Waals surface area contributed by atoms with Gasteiger partial charge in [-0.05, 0) is 31.5 Å². The van der Waals surface area contributed by atoms with Crippen LogP contribution in [0.5, 0.6) is 0 Å². The van der Waals surface area contributed by atoms with Gasteiger partial charge in [-0.2, -0.15) is 0 Å². The Hall–Kier alpha value is -0.580. The van der Waals surface area contributed by atoms with Crippen molar-refractivity contribution in [2.24, 2.45) is 0 Å². The second kappa shape index (κ2) is 5.49. The number of pyridine rings is 1. The van der Waals surface area contributed by atoms with Crippen molar-refractivity contribution < 1.29 is 10.2 Å². The summed E-state index contributed by atoms with van der Waals surface area (Å²) in [7, 11) is 0. The Kier molecular flexibility index (Phi) is 4.57. The Balaban J connectivity index is 2.73. The molecular weight excluding hydrogens is 210 g/mol. The van der Waals surface area contributed by atoms with Crippen molar-refractivity contribution in [3.8, 4) is 0 Å². The summed E-state index contributed by atoms with van der Waals surface area (Å²) in [4.78, 5) is 4.18. The van der Waals surface area contributed by atoms with Gasteiger partial charge < -0.3 is 10.2 Å². The molecule has 0 saturated heterocycles. The molecule has 3 nitrogen and oxygen atoms in total. The Labute approximate surface area is 94.6 Å². The number of hydrogen-bond donors (Lipinski definition) is 2. The quantitative estimate of drug-likeness (QED) is 0.772. The fourth-order valence-electron chi connectivity index (χ4n) is 1.04. The van der Waals surface area contributed by atoms with E-state index in [0.29, 0.717) is 0 Å². The number of rotatable bonds is 4. The van der Waals surface area contributed by atoms with Crippen molar-refractivity contribution in [1.82, 2.24) is 4.98 Å². The molecule has 0 aliphatic rings. The number of aromatic nitrogens is 1. The lowest BCUT2D eigenvalue weighted by Crippen LogP contribution is -2.15. The Bertz CT molecular complexity index is 315. The number of thioether (sulfide) groups is 1. The molecule has 0 spiro atoms. The van der Waals surface area contributed by atoms with E-state index in [-0.39, 0.29) is 11.4 Å². The molecule has 4 heteroatoms. The zero-order valence-electron chi connectivity index (χ0n) is 9.21. The monoisotopic (exact) mass is 227 g/mol. The molecule has 84 valence electrons. The summed E-state index contributed by atoms with van der Waals surface area (Å²) in [6, 6.07) is 3.65. The molecule has 3 atom stereocenters. The summed E-state index contributed by atoms with van der Waals surface area (Å²) in [5.41, 5.74) is 0.852. The van der Waals surface area contributed by atoms with Crippen LogP contribution in [-0.2, 0) is 0 Å². The van der Waals surface area contributed by atoms with Crippen molar-refractivity contribution >= 4 is 11.8 Å². The molecule has 15 heavy (non-hydrogen) atoms. The highest BCUT2D eigenvalue weighted by Crippen LogP contribution is 2.25. The molecule has 0 saturated carbocycles. The topological polar surface area (TPSA) is 53.4 Å². The first-order chi connectivity index (χ1) is 7.00. The normalized spacial score (nSPS) is 17.1. The maximum atomic E-state index is 9.41. The van der Waals surface area contributed by atoms with Gasteiger partial charge in [0.1, 0.15) is 0 Å². The van der Waals surface area contributed by atoms with E-state index in [9.17, 15) is 10.2 Å². The SMILES string of the molecule is CC(O)C(C)Sc1cc([C@H](C)O)ccn1. The van der Waals surface area contributed by atoms with E-state index in [2.05, 4.69) is 4.98 Å². The van der Waals surface area contributed by atoms with Gasteiger partial charge in [0.25, 0.3) is 0 Å². The summed E-state index contributed by atoms with van der Waals surface area (Å²) in [5.74, 6) is 0. The Morgan fingerprint density at radius 2 is 1.93 bits per heavy atom. The van der Waals surface area contributed by atoms with Gasteiger partial charge in [0.2, 0.25) is 0 Å². The van der Waals surface area contributed by atoms with Crippen LogP contribution in [-0.4, -0.2) is 26.6 Å². The Morgan fingerprint density at radius 1 is 1.27 bits per heavy atom. The van der Waals surface area contributed by atoms with Crippen LogP contribution in [0, 0.1) is 0 Å². The molecular formula is C11H17NO2S. The van der Waals surface area contributed by atoms with Crippen LogP contribution in [0.3, 0.4) is 0 Å². The van der Waals surface area contributed by atoms with Gasteiger partial charge in [-0.15, -0.1) is 11.8 Å². The summed E-state index contributed by atoms with van der Waals surface area (Å²) < 4.78 is 0. The second-order valence-corrected chi connectivity index (χ2v) is 5.06. The summed E-state index contributed by atoms with van der Waals surface area (Å²) in [6.07, 6.45) is 0.834. The molecule has 0 amide bonds. The number of aliphatic hydroxyl groups excluding tert-OH is 2. The van der Waals surface area contributed by atoms with Crippen LogP contribution >= 0.6 is 11.8 Å². The fourth-order valence-corrected chi connectivity index (χ4v) is 1.94. The minimum absolute atomic E-state index is 0.0988. The smallest absolute Gasteiger partial charge is 0.0967 e. The third-order valence-corrected chi connectivity index (χ3v) is 3.46. The maximum absolute atomic E-state index is 9.41. The van der Waals surface area contributed by atoms with Crippen LogP contribution in [0.2, 0.25) is 0 Å². The predicted molar refractivity (Wildman–Crippen MR) is 61.9 cm³/mol. The van der Waals surface area contributed by atoms with Crippen molar-refractivity contribution in [2.45, 2.75) is 43.3 Å². The molecule has 0 bridgehead atoms. The Morgan fingerprint density at radius 3 is 2.47 bits per heavy atom. The van der Waals surface area contributed by atoms with Gasteiger partial charge in [0, 0.05) is 11.4 Å². The summed E-state index contributed by atoms with van der Waals surface area (Å²) in [6.45, 7) is 5.43. The van der Waals surface area contributed by atoms with Crippen LogP contribution in [0.1, 0.15) is 32.4 Å². The molecule has 1 heterocycles. The van der Waals surface area contributed by atoms with Crippen LogP contribution in [0.4, 0.5) is 0 Å². The van der Waals surface area contributed by atoms with Crippen LogP contribution < -0.4 is 0 Å². The lowest BCUT2D eigenvalue weighted by Gasteiger charge is -2.14. The number of aliphatic hydroxyl groups is 2. The van der Waals surface area contributed by atoms with E-state index in [1.807, 2.05) is 13.0 Å². The fraction of sp³-hybridized carbons (Fsp3) is 0.545. The van der Waals surface area contributed by atoms with E-state index >= 15 is 0 Å². The largest absolute Gasteiger partial charge is 0.392 e. The minimum Gasteiger partial charge on any atom is -0.392 e. The van der Waals surface area contributed by atoms with E-state index < -0.39 is 6.10 Å². The van der Waals surface area contributed by atoms with Crippen molar-refractivity contribution in [3.05, 3.63) is 23.9 Å². The van der Waals surface area contributed by atoms with Gasteiger partial charge in [0.05, 0.1) is 17.2 Å². The molecule has 0 radical (unpaired) electrons. The molecule has 2 unspecified atom stereocenters. The molecule has 0 fully saturated rings. The highest BCUT2D eigenvalue weighted by molar-refractivity contribution is 7.99. The third-order valence-electron chi connectivity index (χ3n) is 2.23. The van der Waals surface area contributed by atoms with Gasteiger partial charge in [0.15, 0.2) is 0 Å². The molecule has 0 aromatic carbocycles. The zero-order valence-corrected chi connectivity index (χ0v) is 10.0. The standard InChI is InChI=1S/C11H17NO2S/c1-7(13)9(3)15-11-6-10(8(2)14)4-5-12-11/h4-9,13-14H,1-3H3/t7?,8-,9?/m0/s1. The molecule has 0 aliphatic carbocycles. The van der Waals surface area contributed by atoms with Crippen LogP contribution in [0.15, 0.2) is 23.4 Å². The van der Waals surface area contributed by atoms with Crippen molar-refractivity contribution in [1.29, 1.82) is 0 Å². The first kappa shape index (κ1) is 12.5. The first-order valence-corrected chi connectivity index (χ1v) is 5.87. The summed E-state index contributed by atoms with van der Waals surface area (Å²) in [5, 5.41) is 19.7. The molecule has 2 N–H and O–H groups in total. The van der Waals surface area contributed by atoms with E-state index in [1.165, 1.54) is 11.8 Å². The van der Waals surface area contributed by atoms with E-state index in [1.54, 1.807) is 26.1 Å². The van der Waals surface area contributed by atoms with Gasteiger partial charge >= 0.3 is 0 Å². The average molecular weight is 227 g/mol. The molecule has 1 aromatic rings. The van der Waals surface area contributed by atoms with E-state index in [0.717, 1.165) is 10.6 Å². The zero-order chi connectivity index (χ0) is 11.4. The first-order valence-electron chi connectivity index (χ1n) is 4.99. The van der Waals surface area contributed by atoms with Crippen LogP contribution in [0.25, 0.3) is 0 Å². The summed E-state index contributed by atoms with van der Waals surface area (Å²) >= 11 is 1.51. The predicted octanol–water partition coefficient (Wildman–Crippen LogP) is 2.00. The van der Waals surface area contributed by atoms with Gasteiger partial charge in [-0.1, -0.05) is 6.92 Å². The third kappa shape index (κ3) is 3.81. The number of nitrogens with zero attached hydrogens (tertiary/aromatic N) is 1. The number of hydrogen-bond acceptors (Lipinski definition) is 4. The minimum atomic E-state index is -0.478. The highest BCUT2D eigenvalue weighted by atomic mass is 32.2. The van der Waals surface area contributed by atoms with Crippen molar-refractivity contribution in [2.75, 3.05) is 0 Å². The highest BCUT2D eigenvalue weighted by Gasteiger charge is 2.12. The maximum Gasteiger partial charge on any atom is 0.0967 e. The average Bonchev–Trinajstić information content (AvgIpc) is 2.18. The van der Waals surface area contributed by atoms with Gasteiger partial charge in [-0.3, -0.25) is 0 Å². The lowest BCUT2D eigenvalue weighted by molar-refractivity contribution is 0.196. The lowest BCUT2D eigenvalue weighted by atomic mass is 10.2. The van der Waals surface area contributed by atoms with E-state index in [4.69, 9.17) is 0 Å². The molecule has 0 aliphatic heterocycles. The molecule has 1 rings (SSSR count). The molecule has 1 aromatic heterocycles. The van der Waals surface area contributed by atoms with Gasteiger partial charge in [-0.25, -0.2) is 4.98 Å².